The lowest BCUT2D eigenvalue weighted by molar-refractivity contribution is -0.115. The molecule has 142 valence electrons. The summed E-state index contributed by atoms with van der Waals surface area (Å²) >= 11 is 1.30. The number of amides is 1. The second-order valence-electron chi connectivity index (χ2n) is 6.55. The molecule has 0 aliphatic rings. The quantitative estimate of drug-likeness (QED) is 0.605. The van der Waals surface area contributed by atoms with Gasteiger partial charge in [0.15, 0.2) is 16.7 Å². The minimum Gasteiger partial charge on any atom is -0.461 e. The third-order valence-corrected chi connectivity index (χ3v) is 4.83. The molecule has 1 atom stereocenters. The van der Waals surface area contributed by atoms with Crippen LogP contribution in [0.25, 0.3) is 11.6 Å². The molecule has 0 aliphatic carbocycles. The van der Waals surface area contributed by atoms with Crippen LogP contribution in [0.3, 0.4) is 0 Å². The maximum Gasteiger partial charge on any atom is 0.237 e. The van der Waals surface area contributed by atoms with E-state index in [1.165, 1.54) is 23.9 Å². The van der Waals surface area contributed by atoms with E-state index in [0.717, 1.165) is 0 Å². The van der Waals surface area contributed by atoms with E-state index in [4.69, 9.17) is 4.42 Å². The Hall–Kier alpha value is -2.61. The first-order chi connectivity index (χ1) is 12.9. The molecule has 0 spiro atoms. The van der Waals surface area contributed by atoms with Crippen LogP contribution in [0.1, 0.15) is 20.8 Å². The molecule has 2 aromatic heterocycles. The van der Waals surface area contributed by atoms with E-state index in [2.05, 4.69) is 29.4 Å². The molecule has 0 saturated heterocycles. The molecule has 8 heteroatoms. The van der Waals surface area contributed by atoms with Crippen LogP contribution >= 0.6 is 11.8 Å². The molecule has 1 unspecified atom stereocenters. The summed E-state index contributed by atoms with van der Waals surface area (Å²) in [5, 5.41) is 11.4. The van der Waals surface area contributed by atoms with Gasteiger partial charge in [0.05, 0.1) is 11.5 Å². The monoisotopic (exact) mass is 388 g/mol. The smallest absolute Gasteiger partial charge is 0.237 e. The van der Waals surface area contributed by atoms with Crippen molar-refractivity contribution in [2.45, 2.75) is 37.7 Å². The number of carbonyl (C=O) groups is 1. The lowest BCUT2D eigenvalue weighted by Crippen LogP contribution is -2.23. The van der Waals surface area contributed by atoms with Crippen molar-refractivity contribution in [3.05, 3.63) is 48.5 Å². The third kappa shape index (κ3) is 4.77. The van der Waals surface area contributed by atoms with Gasteiger partial charge in [-0.2, -0.15) is 0 Å². The number of halogens is 1. The Labute approximate surface area is 161 Å². The first-order valence-corrected chi connectivity index (χ1v) is 9.52. The van der Waals surface area contributed by atoms with Crippen LogP contribution in [0.2, 0.25) is 0 Å². The largest absolute Gasteiger partial charge is 0.461 e. The summed E-state index contributed by atoms with van der Waals surface area (Å²) in [6.07, 6.45) is 1.59. The lowest BCUT2D eigenvalue weighted by atomic mass is 10.2. The normalized spacial score (nSPS) is 12.3. The summed E-state index contributed by atoms with van der Waals surface area (Å²) in [4.78, 5) is 12.5. The first kappa shape index (κ1) is 19.2. The zero-order chi connectivity index (χ0) is 19.4. The van der Waals surface area contributed by atoms with Crippen molar-refractivity contribution in [2.24, 2.45) is 5.92 Å². The van der Waals surface area contributed by atoms with Gasteiger partial charge in [-0.25, -0.2) is 4.39 Å². The second-order valence-corrected chi connectivity index (χ2v) is 7.86. The van der Waals surface area contributed by atoms with Crippen molar-refractivity contribution in [3.63, 3.8) is 0 Å². The Bertz CT molecular complexity index is 908. The van der Waals surface area contributed by atoms with Crippen LogP contribution in [-0.4, -0.2) is 25.9 Å². The highest BCUT2D eigenvalue weighted by atomic mass is 32.2. The minimum absolute atomic E-state index is 0.232. The maximum atomic E-state index is 13.3. The molecular formula is C19H21FN4O2S. The van der Waals surface area contributed by atoms with E-state index in [-0.39, 0.29) is 5.91 Å². The Morgan fingerprint density at radius 2 is 2.07 bits per heavy atom. The van der Waals surface area contributed by atoms with Crippen LogP contribution in [0.4, 0.5) is 10.1 Å². The molecule has 0 radical (unpaired) electrons. The second kappa shape index (κ2) is 8.39. The van der Waals surface area contributed by atoms with Gasteiger partial charge in [0.25, 0.3) is 0 Å². The predicted molar refractivity (Wildman–Crippen MR) is 103 cm³/mol. The number of nitrogens with one attached hydrogen (secondary N) is 1. The molecular weight excluding hydrogens is 367 g/mol. The molecule has 1 aromatic carbocycles. The number of rotatable bonds is 7. The number of benzene rings is 1. The van der Waals surface area contributed by atoms with E-state index < -0.39 is 11.1 Å². The van der Waals surface area contributed by atoms with Gasteiger partial charge in [0, 0.05) is 12.2 Å². The van der Waals surface area contributed by atoms with Crippen molar-refractivity contribution in [1.82, 2.24) is 14.8 Å². The maximum absolute atomic E-state index is 13.3. The summed E-state index contributed by atoms with van der Waals surface area (Å²) in [5.41, 5.74) is 0.423. The summed E-state index contributed by atoms with van der Waals surface area (Å²) in [6.45, 7) is 6.67. The Morgan fingerprint density at radius 1 is 1.26 bits per heavy atom. The predicted octanol–water partition coefficient (Wildman–Crippen LogP) is 4.45. The molecule has 2 heterocycles. The lowest BCUT2D eigenvalue weighted by Gasteiger charge is -2.14. The highest BCUT2D eigenvalue weighted by molar-refractivity contribution is 8.00. The van der Waals surface area contributed by atoms with Crippen LogP contribution in [0.5, 0.6) is 0 Å². The Kier molecular flexibility index (Phi) is 5.95. The fourth-order valence-electron chi connectivity index (χ4n) is 2.52. The average Bonchev–Trinajstić information content (AvgIpc) is 3.25. The summed E-state index contributed by atoms with van der Waals surface area (Å²) in [6, 6.07) is 9.44. The van der Waals surface area contributed by atoms with Gasteiger partial charge >= 0.3 is 0 Å². The van der Waals surface area contributed by atoms with Crippen LogP contribution in [0.15, 0.2) is 52.2 Å². The molecule has 0 fully saturated rings. The molecule has 0 saturated carbocycles. The number of furan rings is 1. The number of thioether (sulfide) groups is 1. The Morgan fingerprint density at radius 3 is 2.74 bits per heavy atom. The van der Waals surface area contributed by atoms with Gasteiger partial charge in [-0.1, -0.05) is 31.7 Å². The van der Waals surface area contributed by atoms with Gasteiger partial charge in [0.1, 0.15) is 5.82 Å². The van der Waals surface area contributed by atoms with Gasteiger partial charge in [-0.05, 0) is 43.2 Å². The zero-order valence-corrected chi connectivity index (χ0v) is 16.2. The van der Waals surface area contributed by atoms with Crippen LogP contribution < -0.4 is 5.32 Å². The van der Waals surface area contributed by atoms with Gasteiger partial charge in [0.2, 0.25) is 5.91 Å². The van der Waals surface area contributed by atoms with Crippen LogP contribution in [-0.2, 0) is 11.3 Å². The fraction of sp³-hybridized carbons (Fsp3) is 0.316. The number of hydrogen-bond acceptors (Lipinski definition) is 5. The number of anilines is 1. The van der Waals surface area contributed by atoms with E-state index in [9.17, 15) is 9.18 Å². The van der Waals surface area contributed by atoms with Gasteiger partial charge < -0.3 is 9.73 Å². The van der Waals surface area contributed by atoms with E-state index in [1.54, 1.807) is 31.4 Å². The molecule has 1 amide bonds. The van der Waals surface area contributed by atoms with Crippen molar-refractivity contribution in [1.29, 1.82) is 0 Å². The minimum atomic E-state index is -0.437. The van der Waals surface area contributed by atoms with Crippen molar-refractivity contribution < 1.29 is 13.6 Å². The average molecular weight is 388 g/mol. The van der Waals surface area contributed by atoms with E-state index >= 15 is 0 Å². The molecule has 27 heavy (non-hydrogen) atoms. The SMILES string of the molecule is CC(C)Cn1c(SC(C)C(=O)Nc2cccc(F)c2)nnc1-c1ccco1. The number of nitrogens with zero attached hydrogens (tertiary/aromatic N) is 3. The summed E-state index contributed by atoms with van der Waals surface area (Å²) in [5.74, 6) is 1.00. The van der Waals surface area contributed by atoms with Crippen molar-refractivity contribution in [2.75, 3.05) is 5.32 Å². The molecule has 0 aliphatic heterocycles. The standard InChI is InChI=1S/C19H21FN4O2S/c1-12(2)11-24-17(16-8-5-9-26-16)22-23-19(24)27-13(3)18(25)21-15-7-4-6-14(20)10-15/h4-10,12-13H,11H2,1-3H3,(H,21,25). The van der Waals surface area contributed by atoms with Gasteiger partial charge in [-0.3, -0.25) is 9.36 Å². The van der Waals surface area contributed by atoms with Crippen LogP contribution in [0, 0.1) is 11.7 Å². The topological polar surface area (TPSA) is 73.0 Å². The molecule has 0 bridgehead atoms. The Balaban J connectivity index is 1.77. The molecule has 1 N–H and O–H groups in total. The van der Waals surface area contributed by atoms with Crippen molar-refractivity contribution >= 4 is 23.4 Å². The highest BCUT2D eigenvalue weighted by Gasteiger charge is 2.22. The number of aromatic nitrogens is 3. The summed E-state index contributed by atoms with van der Waals surface area (Å²) < 4.78 is 20.7. The van der Waals surface area contributed by atoms with E-state index in [0.29, 0.717) is 34.9 Å². The van der Waals surface area contributed by atoms with E-state index in [1.807, 2.05) is 10.6 Å². The van der Waals surface area contributed by atoms with Gasteiger partial charge in [-0.15, -0.1) is 10.2 Å². The summed E-state index contributed by atoms with van der Waals surface area (Å²) in [7, 11) is 0. The number of carbonyl (C=O) groups excluding carboxylic acids is 1. The highest BCUT2D eigenvalue weighted by Crippen LogP contribution is 2.28. The molecule has 6 nitrogen and oxygen atoms in total. The third-order valence-electron chi connectivity index (χ3n) is 3.75. The van der Waals surface area contributed by atoms with Crippen molar-refractivity contribution in [3.8, 4) is 11.6 Å². The zero-order valence-electron chi connectivity index (χ0n) is 15.3. The molecule has 3 rings (SSSR count). The fourth-order valence-corrected chi connectivity index (χ4v) is 3.37. The molecule has 3 aromatic rings. The first-order valence-electron chi connectivity index (χ1n) is 8.64. The number of hydrogen-bond donors (Lipinski definition) is 1.